The van der Waals surface area contributed by atoms with Crippen molar-refractivity contribution < 1.29 is 14.3 Å². The molecule has 0 aromatic heterocycles. The van der Waals surface area contributed by atoms with Gasteiger partial charge in [-0.25, -0.2) is 0 Å². The van der Waals surface area contributed by atoms with Crippen LogP contribution in [0.5, 0.6) is 5.75 Å². The Morgan fingerprint density at radius 1 is 0.903 bits per heavy atom. The summed E-state index contributed by atoms with van der Waals surface area (Å²) in [4.78, 5) is 23.3. The van der Waals surface area contributed by atoms with Gasteiger partial charge in [0.15, 0.2) is 12.4 Å². The van der Waals surface area contributed by atoms with E-state index in [1.807, 2.05) is 60.7 Å². The van der Waals surface area contributed by atoms with Crippen LogP contribution in [0.4, 0.5) is 0 Å². The summed E-state index contributed by atoms with van der Waals surface area (Å²) in [7, 11) is 0. The minimum Gasteiger partial charge on any atom is -0.485 e. The largest absolute Gasteiger partial charge is 0.485 e. The first-order chi connectivity index (χ1) is 15.0. The van der Waals surface area contributed by atoms with Crippen molar-refractivity contribution in [2.75, 3.05) is 13.2 Å². The molecule has 5 nitrogen and oxygen atoms in total. The fraction of sp³-hybridized carbons (Fsp3) is 0.192. The van der Waals surface area contributed by atoms with Gasteiger partial charge in [-0.15, -0.1) is 0 Å². The summed E-state index contributed by atoms with van der Waals surface area (Å²) in [5, 5.41) is 11.7. The Morgan fingerprint density at radius 2 is 1.52 bits per heavy atom. The van der Waals surface area contributed by atoms with Crippen molar-refractivity contribution in [3.05, 3.63) is 89.5 Å². The summed E-state index contributed by atoms with van der Waals surface area (Å²) in [6, 6.07) is 24.5. The minimum absolute atomic E-state index is 0.0233. The van der Waals surface area contributed by atoms with Crippen molar-refractivity contribution in [1.82, 2.24) is 5.32 Å². The topological polar surface area (TPSA) is 79.2 Å². The quantitative estimate of drug-likeness (QED) is 0.413. The van der Waals surface area contributed by atoms with Crippen LogP contribution in [0.1, 0.15) is 34.8 Å². The molecule has 3 aromatic rings. The van der Waals surface area contributed by atoms with E-state index in [1.54, 1.807) is 12.1 Å². The third-order valence-electron chi connectivity index (χ3n) is 4.86. The zero-order chi connectivity index (χ0) is 22.1. The number of nitrogens with one attached hydrogen (secondary N) is 1. The number of amides is 1. The molecule has 0 saturated heterocycles. The highest BCUT2D eigenvalue weighted by Crippen LogP contribution is 2.23. The number of hydrogen-bond acceptors (Lipinski definition) is 4. The van der Waals surface area contributed by atoms with Crippen molar-refractivity contribution in [2.24, 2.45) is 0 Å². The van der Waals surface area contributed by atoms with Crippen LogP contribution in [0.3, 0.4) is 0 Å². The number of hydrogen-bond donors (Lipinski definition) is 1. The number of ether oxygens (including phenoxy) is 1. The van der Waals surface area contributed by atoms with Gasteiger partial charge in [0.2, 0.25) is 5.91 Å². The molecule has 156 valence electrons. The second-order valence-corrected chi connectivity index (χ2v) is 7.21. The number of carbonyl (C=O) groups is 2. The van der Waals surface area contributed by atoms with E-state index in [2.05, 4.69) is 11.4 Å². The lowest BCUT2D eigenvalue weighted by molar-refractivity contribution is -0.118. The van der Waals surface area contributed by atoms with Crippen LogP contribution >= 0.6 is 0 Å². The van der Waals surface area contributed by atoms with Crippen LogP contribution in [-0.4, -0.2) is 24.8 Å². The maximum absolute atomic E-state index is 12.4. The summed E-state index contributed by atoms with van der Waals surface area (Å²) >= 11 is 0. The van der Waals surface area contributed by atoms with Gasteiger partial charge < -0.3 is 10.1 Å². The summed E-state index contributed by atoms with van der Waals surface area (Å²) < 4.78 is 5.65. The Hall–Kier alpha value is -3.91. The van der Waals surface area contributed by atoms with Crippen LogP contribution in [-0.2, 0) is 11.2 Å². The highest BCUT2D eigenvalue weighted by molar-refractivity contribution is 5.97. The molecule has 0 aliphatic carbocycles. The molecule has 0 unspecified atom stereocenters. The number of Topliss-reactive ketones (excluding diaryl/α,β-unsaturated/α-hetero) is 1. The normalized spacial score (nSPS) is 10.2. The zero-order valence-electron chi connectivity index (χ0n) is 17.4. The number of benzene rings is 3. The molecule has 3 aromatic carbocycles. The number of ketones is 1. The molecule has 31 heavy (non-hydrogen) atoms. The number of rotatable bonds is 9. The van der Waals surface area contributed by atoms with E-state index in [9.17, 15) is 9.59 Å². The second-order valence-electron chi connectivity index (χ2n) is 7.21. The molecule has 1 amide bonds. The molecular formula is C26H24N2O3. The molecule has 0 heterocycles. The molecule has 3 rings (SSSR count). The monoisotopic (exact) mass is 412 g/mol. The van der Waals surface area contributed by atoms with E-state index in [0.29, 0.717) is 23.4 Å². The molecule has 0 saturated carbocycles. The van der Waals surface area contributed by atoms with E-state index in [1.165, 1.54) is 6.92 Å². The zero-order valence-corrected chi connectivity index (χ0v) is 17.4. The molecule has 1 N–H and O–H groups in total. The van der Waals surface area contributed by atoms with Crippen LogP contribution < -0.4 is 10.1 Å². The van der Waals surface area contributed by atoms with Crippen LogP contribution in [0.15, 0.2) is 72.8 Å². The summed E-state index contributed by atoms with van der Waals surface area (Å²) in [5.74, 6) is 0.520. The molecule has 0 radical (unpaired) electrons. The van der Waals surface area contributed by atoms with Gasteiger partial charge >= 0.3 is 0 Å². The summed E-state index contributed by atoms with van der Waals surface area (Å²) in [6.45, 7) is 2.12. The molecule has 5 heteroatoms. The number of aryl methyl sites for hydroxylation is 1. The fourth-order valence-corrected chi connectivity index (χ4v) is 3.13. The van der Waals surface area contributed by atoms with E-state index < -0.39 is 0 Å². The first kappa shape index (κ1) is 21.8. The fourth-order valence-electron chi connectivity index (χ4n) is 3.13. The number of nitrogens with zero attached hydrogens (tertiary/aromatic N) is 1. The van der Waals surface area contributed by atoms with Gasteiger partial charge in [0.25, 0.3) is 0 Å². The Labute approximate surface area is 182 Å². The van der Waals surface area contributed by atoms with Gasteiger partial charge in [-0.2, -0.15) is 5.26 Å². The molecule has 0 fully saturated rings. The van der Waals surface area contributed by atoms with Gasteiger partial charge in [0.1, 0.15) is 5.75 Å². The van der Waals surface area contributed by atoms with Crippen LogP contribution in [0, 0.1) is 11.3 Å². The number of carbonyl (C=O) groups excluding carboxylic acids is 2. The highest BCUT2D eigenvalue weighted by Gasteiger charge is 2.08. The van der Waals surface area contributed by atoms with Gasteiger partial charge in [-0.3, -0.25) is 9.59 Å². The maximum Gasteiger partial charge on any atom is 0.216 e. The van der Waals surface area contributed by atoms with Crippen molar-refractivity contribution in [1.29, 1.82) is 5.26 Å². The molecule has 0 bridgehead atoms. The lowest BCUT2D eigenvalue weighted by atomic mass is 10.0. The maximum atomic E-state index is 12.4. The minimum atomic E-state index is -0.0824. The molecule has 0 atom stereocenters. The van der Waals surface area contributed by atoms with E-state index >= 15 is 0 Å². The predicted molar refractivity (Wildman–Crippen MR) is 120 cm³/mol. The predicted octanol–water partition coefficient (Wildman–Crippen LogP) is 4.56. The van der Waals surface area contributed by atoms with E-state index in [4.69, 9.17) is 10.00 Å². The van der Waals surface area contributed by atoms with Gasteiger partial charge in [0, 0.05) is 19.0 Å². The Balaban J connectivity index is 1.49. The van der Waals surface area contributed by atoms with Crippen molar-refractivity contribution in [2.45, 2.75) is 19.8 Å². The summed E-state index contributed by atoms with van der Waals surface area (Å²) in [5.41, 5.74) is 4.39. The third kappa shape index (κ3) is 6.55. The first-order valence-electron chi connectivity index (χ1n) is 10.1. The lowest BCUT2D eigenvalue weighted by Crippen LogP contribution is -2.21. The van der Waals surface area contributed by atoms with Gasteiger partial charge in [-0.1, -0.05) is 48.5 Å². The third-order valence-corrected chi connectivity index (χ3v) is 4.86. The SMILES string of the molecule is CC(=O)NCCCc1ccc(C(=O)COc2ccc(-c3ccc(C#N)cc3)cc2)cc1. The van der Waals surface area contributed by atoms with E-state index in [-0.39, 0.29) is 18.3 Å². The van der Waals surface area contributed by atoms with Crippen molar-refractivity contribution in [3.8, 4) is 22.9 Å². The average molecular weight is 412 g/mol. The molecule has 0 aliphatic rings. The Bertz CT molecular complexity index is 1060. The molecule has 0 spiro atoms. The second kappa shape index (κ2) is 10.7. The van der Waals surface area contributed by atoms with Crippen molar-refractivity contribution in [3.63, 3.8) is 0 Å². The molecule has 0 aliphatic heterocycles. The Morgan fingerprint density at radius 3 is 2.10 bits per heavy atom. The standard InChI is InChI=1S/C26H24N2O3/c1-19(29)28-16-2-3-20-4-10-24(11-5-20)26(30)18-31-25-14-12-23(13-15-25)22-8-6-21(17-27)7-9-22/h4-15H,2-3,16,18H2,1H3,(H,28,29). The van der Waals surface area contributed by atoms with Crippen molar-refractivity contribution >= 4 is 11.7 Å². The van der Waals surface area contributed by atoms with Gasteiger partial charge in [0.05, 0.1) is 11.6 Å². The first-order valence-corrected chi connectivity index (χ1v) is 10.1. The highest BCUT2D eigenvalue weighted by atomic mass is 16.5. The number of nitriles is 1. The van der Waals surface area contributed by atoms with Gasteiger partial charge in [-0.05, 0) is 53.8 Å². The Kier molecular flexibility index (Phi) is 7.56. The lowest BCUT2D eigenvalue weighted by Gasteiger charge is -2.08. The van der Waals surface area contributed by atoms with Crippen LogP contribution in [0.2, 0.25) is 0 Å². The van der Waals surface area contributed by atoms with E-state index in [0.717, 1.165) is 29.5 Å². The smallest absolute Gasteiger partial charge is 0.216 e. The average Bonchev–Trinajstić information content (AvgIpc) is 2.81. The molecular weight excluding hydrogens is 388 g/mol. The van der Waals surface area contributed by atoms with Crippen LogP contribution in [0.25, 0.3) is 11.1 Å². The summed E-state index contributed by atoms with van der Waals surface area (Å²) in [6.07, 6.45) is 1.70.